The number of aliphatic hydroxyl groups excluding tert-OH is 12. The molecule has 21 nitrogen and oxygen atoms in total. The predicted molar refractivity (Wildman–Crippen MR) is 149 cm³/mol. The molecule has 4 heterocycles. The Morgan fingerprint density at radius 2 is 1.06 bits per heavy atom. The van der Waals surface area contributed by atoms with Crippen LogP contribution in [0.5, 0.6) is 0 Å². The highest BCUT2D eigenvalue weighted by atomic mass is 16.8. The standard InChI is InChI=1S/C27H47NO20/c1-3-8-13(33)17(37)20(40)26(43-8)48-23-22(47-25-12(28-7(2)32)16(36)14(34)9(4-29)44-25)15(35)10(5-30)45-27(23)46-21-11(6-31)42-24(41)19(39)18(21)38/h8-27,29-31,33-41H,3-6H2,1-2H3,(H,28,32)/t8-,9+,10+,11+,12+,13+,14-,15-,16+,17+,18+,19+,20-,21+,22-,23+,24+,25+,26-,27-/m0/s1. The van der Waals surface area contributed by atoms with E-state index >= 15 is 0 Å². The molecule has 0 aromatic rings. The summed E-state index contributed by atoms with van der Waals surface area (Å²) >= 11 is 0. The molecule has 0 saturated carbocycles. The summed E-state index contributed by atoms with van der Waals surface area (Å²) in [7, 11) is 0. The SMILES string of the molecule is CC[C@@H]1O[C@@H](O[C@H]2[C@H](O[C@H]3[C@H](O)[C@@H](O)[C@H](O)O[C@@H]3CO)O[C@H](CO)[C@H](O)[C@@H]2O[C@H]2O[C@H](CO)[C@H](O)[C@H](O)[C@H]2NC(C)=O)[C@@H](O)[C@H](O)[C@@H]1O. The van der Waals surface area contributed by atoms with Crippen molar-refractivity contribution < 1.29 is 99.2 Å². The van der Waals surface area contributed by atoms with Crippen LogP contribution in [-0.4, -0.2) is 210 Å². The summed E-state index contributed by atoms with van der Waals surface area (Å²) < 4.78 is 40.0. The zero-order valence-electron chi connectivity index (χ0n) is 26.0. The van der Waals surface area contributed by atoms with Crippen molar-refractivity contribution >= 4 is 5.91 Å². The van der Waals surface area contributed by atoms with Crippen LogP contribution >= 0.6 is 0 Å². The number of aliphatic hydroxyl groups is 12. The minimum absolute atomic E-state index is 0.127. The van der Waals surface area contributed by atoms with E-state index in [0.717, 1.165) is 6.92 Å². The van der Waals surface area contributed by atoms with Crippen molar-refractivity contribution in [3.8, 4) is 0 Å². The average molecular weight is 706 g/mol. The number of rotatable bonds is 11. The molecule has 0 aliphatic carbocycles. The van der Waals surface area contributed by atoms with Crippen molar-refractivity contribution in [2.24, 2.45) is 0 Å². The topological polar surface area (TPSA) is 336 Å². The van der Waals surface area contributed by atoms with Crippen LogP contribution in [0.4, 0.5) is 0 Å². The fourth-order valence-corrected chi connectivity index (χ4v) is 6.10. The molecular formula is C27H47NO20. The van der Waals surface area contributed by atoms with Gasteiger partial charge in [-0.25, -0.2) is 0 Å². The number of ether oxygens (including phenoxy) is 7. The van der Waals surface area contributed by atoms with Crippen molar-refractivity contribution in [2.75, 3.05) is 19.8 Å². The third kappa shape index (κ3) is 8.10. The summed E-state index contributed by atoms with van der Waals surface area (Å²) in [5.41, 5.74) is 0. The zero-order valence-corrected chi connectivity index (χ0v) is 26.0. The Morgan fingerprint density at radius 3 is 1.65 bits per heavy atom. The first-order valence-corrected chi connectivity index (χ1v) is 15.5. The molecule has 4 fully saturated rings. The molecule has 21 heteroatoms. The maximum Gasteiger partial charge on any atom is 0.217 e. The van der Waals surface area contributed by atoms with Crippen LogP contribution in [0, 0.1) is 0 Å². The first-order chi connectivity index (χ1) is 22.7. The second kappa shape index (κ2) is 16.8. The third-order valence-corrected chi connectivity index (χ3v) is 8.83. The largest absolute Gasteiger partial charge is 0.394 e. The molecule has 0 unspecified atom stereocenters. The summed E-state index contributed by atoms with van der Waals surface area (Å²) in [6.07, 6.45) is -32.8. The molecule has 13 N–H and O–H groups in total. The zero-order chi connectivity index (χ0) is 35.6. The Morgan fingerprint density at radius 1 is 0.542 bits per heavy atom. The van der Waals surface area contributed by atoms with Gasteiger partial charge < -0.3 is 99.8 Å². The Hall–Kier alpha value is -1.29. The number of nitrogens with one attached hydrogen (secondary N) is 1. The molecule has 0 aromatic heterocycles. The first-order valence-electron chi connectivity index (χ1n) is 15.5. The molecule has 4 aliphatic rings. The van der Waals surface area contributed by atoms with E-state index in [2.05, 4.69) is 5.32 Å². The molecule has 4 aliphatic heterocycles. The van der Waals surface area contributed by atoms with E-state index in [4.69, 9.17) is 33.2 Å². The van der Waals surface area contributed by atoms with E-state index in [1.807, 2.05) is 0 Å². The van der Waals surface area contributed by atoms with Gasteiger partial charge in [0.25, 0.3) is 0 Å². The normalized spacial score (nSPS) is 50.2. The number of hydrogen-bond acceptors (Lipinski definition) is 20. The van der Waals surface area contributed by atoms with Crippen molar-refractivity contribution in [1.82, 2.24) is 5.32 Å². The lowest BCUT2D eigenvalue weighted by Crippen LogP contribution is -2.69. The molecule has 4 saturated heterocycles. The van der Waals surface area contributed by atoms with Gasteiger partial charge in [-0.2, -0.15) is 0 Å². The van der Waals surface area contributed by atoms with Gasteiger partial charge >= 0.3 is 0 Å². The molecule has 4 rings (SSSR count). The van der Waals surface area contributed by atoms with Crippen LogP contribution in [0.1, 0.15) is 20.3 Å². The van der Waals surface area contributed by atoms with Crippen LogP contribution in [0.2, 0.25) is 0 Å². The monoisotopic (exact) mass is 705 g/mol. The van der Waals surface area contributed by atoms with Crippen LogP contribution in [-0.2, 0) is 38.0 Å². The van der Waals surface area contributed by atoms with Crippen LogP contribution < -0.4 is 5.32 Å². The van der Waals surface area contributed by atoms with Crippen molar-refractivity contribution in [2.45, 2.75) is 143 Å². The van der Waals surface area contributed by atoms with Crippen molar-refractivity contribution in [3.63, 3.8) is 0 Å². The Bertz CT molecular complexity index is 1030. The molecule has 0 aromatic carbocycles. The van der Waals surface area contributed by atoms with Crippen LogP contribution in [0.15, 0.2) is 0 Å². The first kappa shape index (κ1) is 39.5. The molecule has 0 spiro atoms. The average Bonchev–Trinajstić information content (AvgIpc) is 3.06. The van der Waals surface area contributed by atoms with Gasteiger partial charge in [-0.05, 0) is 6.42 Å². The molecule has 1 amide bonds. The number of amides is 1. The van der Waals surface area contributed by atoms with Gasteiger partial charge in [-0.1, -0.05) is 6.92 Å². The fraction of sp³-hybridized carbons (Fsp3) is 0.963. The summed E-state index contributed by atoms with van der Waals surface area (Å²) in [4.78, 5) is 12.0. The van der Waals surface area contributed by atoms with E-state index in [-0.39, 0.29) is 6.42 Å². The highest BCUT2D eigenvalue weighted by molar-refractivity contribution is 5.73. The summed E-state index contributed by atoms with van der Waals surface area (Å²) in [6.45, 7) is 0.0877. The minimum atomic E-state index is -1.95. The van der Waals surface area contributed by atoms with Crippen LogP contribution in [0.25, 0.3) is 0 Å². The molecule has 20 atom stereocenters. The maximum atomic E-state index is 12.0. The number of carbonyl (C=O) groups is 1. The third-order valence-electron chi connectivity index (χ3n) is 8.83. The van der Waals surface area contributed by atoms with Gasteiger partial charge in [-0.15, -0.1) is 0 Å². The van der Waals surface area contributed by atoms with E-state index in [9.17, 15) is 66.1 Å². The molecule has 280 valence electrons. The quantitative estimate of drug-likeness (QED) is 0.0949. The van der Waals surface area contributed by atoms with Crippen molar-refractivity contribution in [1.29, 1.82) is 0 Å². The lowest BCUT2D eigenvalue weighted by Gasteiger charge is -2.50. The number of hydrogen-bond donors (Lipinski definition) is 13. The van der Waals surface area contributed by atoms with Gasteiger partial charge in [0.1, 0.15) is 91.5 Å². The van der Waals surface area contributed by atoms with E-state index in [1.165, 1.54) is 0 Å². The molecule has 0 radical (unpaired) electrons. The summed E-state index contributed by atoms with van der Waals surface area (Å²) in [6, 6.07) is -1.54. The van der Waals surface area contributed by atoms with Gasteiger partial charge in [-0.3, -0.25) is 4.79 Å². The molecular weight excluding hydrogens is 658 g/mol. The minimum Gasteiger partial charge on any atom is -0.394 e. The Labute approximate surface area is 273 Å². The highest BCUT2D eigenvalue weighted by Crippen LogP contribution is 2.36. The summed E-state index contributed by atoms with van der Waals surface area (Å²) in [5, 5.41) is 127. The lowest BCUT2D eigenvalue weighted by atomic mass is 9.94. The van der Waals surface area contributed by atoms with E-state index in [1.54, 1.807) is 6.92 Å². The molecule has 48 heavy (non-hydrogen) atoms. The van der Waals surface area contributed by atoms with E-state index in [0.29, 0.717) is 0 Å². The lowest BCUT2D eigenvalue weighted by molar-refractivity contribution is -0.401. The predicted octanol–water partition coefficient (Wildman–Crippen LogP) is -8.19. The number of carbonyl (C=O) groups excluding carboxylic acids is 1. The van der Waals surface area contributed by atoms with Gasteiger partial charge in [0.15, 0.2) is 25.2 Å². The second-order valence-electron chi connectivity index (χ2n) is 12.1. The van der Waals surface area contributed by atoms with Gasteiger partial charge in [0, 0.05) is 6.92 Å². The summed E-state index contributed by atoms with van der Waals surface area (Å²) in [5.74, 6) is -0.709. The second-order valence-corrected chi connectivity index (χ2v) is 12.1. The molecule has 0 bridgehead atoms. The van der Waals surface area contributed by atoms with Crippen molar-refractivity contribution in [3.05, 3.63) is 0 Å². The van der Waals surface area contributed by atoms with E-state index < -0.39 is 148 Å². The van der Waals surface area contributed by atoms with Gasteiger partial charge in [0.2, 0.25) is 5.91 Å². The fourth-order valence-electron chi connectivity index (χ4n) is 6.10. The Balaban J connectivity index is 1.74. The highest BCUT2D eigenvalue weighted by Gasteiger charge is 2.56. The van der Waals surface area contributed by atoms with Gasteiger partial charge in [0.05, 0.1) is 25.9 Å². The Kier molecular flexibility index (Phi) is 13.8. The maximum absolute atomic E-state index is 12.0. The van der Waals surface area contributed by atoms with Crippen LogP contribution in [0.3, 0.4) is 0 Å². The smallest absolute Gasteiger partial charge is 0.217 e.